The van der Waals surface area contributed by atoms with Gasteiger partial charge in [-0.1, -0.05) is 12.1 Å². The largest absolute Gasteiger partial charge is 0.491 e. The number of H-pyrrole nitrogens is 1. The smallest absolute Gasteiger partial charge is 0.222 e. The summed E-state index contributed by atoms with van der Waals surface area (Å²) in [6.07, 6.45) is 1.70. The van der Waals surface area contributed by atoms with Crippen molar-refractivity contribution in [2.24, 2.45) is 0 Å². The molecule has 2 aromatic heterocycles. The van der Waals surface area contributed by atoms with Gasteiger partial charge in [-0.2, -0.15) is 4.98 Å². The minimum Gasteiger partial charge on any atom is -0.491 e. The summed E-state index contributed by atoms with van der Waals surface area (Å²) in [5, 5.41) is 0. The zero-order valence-electron chi connectivity index (χ0n) is 11.3. The number of imidazole rings is 1. The Morgan fingerprint density at radius 2 is 2.10 bits per heavy atom. The van der Waals surface area contributed by atoms with Crippen molar-refractivity contribution in [3.05, 3.63) is 30.6 Å². The number of aromatic nitrogens is 4. The Labute approximate surface area is 116 Å². The number of fused-ring (bicyclic) bond motifs is 1. The van der Waals surface area contributed by atoms with Crippen molar-refractivity contribution in [2.75, 3.05) is 5.73 Å². The number of nitrogen functional groups attached to an aromatic ring is 1. The highest BCUT2D eigenvalue weighted by molar-refractivity contribution is 5.88. The van der Waals surface area contributed by atoms with Gasteiger partial charge in [0.25, 0.3) is 0 Å². The van der Waals surface area contributed by atoms with Crippen LogP contribution in [0.3, 0.4) is 0 Å². The first-order valence-electron chi connectivity index (χ1n) is 6.37. The molecule has 2 heterocycles. The molecular formula is C14H15N5O. The molecule has 6 nitrogen and oxygen atoms in total. The van der Waals surface area contributed by atoms with Crippen molar-refractivity contribution in [3.63, 3.8) is 0 Å². The van der Waals surface area contributed by atoms with E-state index in [1.807, 2.05) is 38.1 Å². The quantitative estimate of drug-likeness (QED) is 0.762. The molecule has 102 valence electrons. The minimum atomic E-state index is 0.118. The van der Waals surface area contributed by atoms with E-state index in [0.29, 0.717) is 5.65 Å². The van der Waals surface area contributed by atoms with E-state index in [9.17, 15) is 0 Å². The molecule has 20 heavy (non-hydrogen) atoms. The van der Waals surface area contributed by atoms with E-state index in [-0.39, 0.29) is 12.1 Å². The molecule has 0 fully saturated rings. The summed E-state index contributed by atoms with van der Waals surface area (Å²) >= 11 is 0. The lowest BCUT2D eigenvalue weighted by Crippen LogP contribution is -2.05. The van der Waals surface area contributed by atoms with Gasteiger partial charge in [0.2, 0.25) is 5.95 Å². The molecule has 0 saturated heterocycles. The van der Waals surface area contributed by atoms with Crippen molar-refractivity contribution in [1.29, 1.82) is 0 Å². The van der Waals surface area contributed by atoms with E-state index in [4.69, 9.17) is 10.5 Å². The number of hydrogen-bond donors (Lipinski definition) is 2. The van der Waals surface area contributed by atoms with Crippen LogP contribution in [-0.2, 0) is 0 Å². The molecular weight excluding hydrogens is 254 g/mol. The number of nitrogens with one attached hydrogen (secondary N) is 1. The molecule has 0 spiro atoms. The molecule has 0 amide bonds. The lowest BCUT2D eigenvalue weighted by molar-refractivity contribution is 0.242. The molecule has 3 aromatic rings. The molecule has 1 aromatic carbocycles. The van der Waals surface area contributed by atoms with Gasteiger partial charge in [0.05, 0.1) is 12.4 Å². The third-order valence-electron chi connectivity index (χ3n) is 2.78. The highest BCUT2D eigenvalue weighted by Gasteiger charge is 2.11. The molecule has 0 unspecified atom stereocenters. The maximum atomic E-state index is 5.73. The van der Waals surface area contributed by atoms with Crippen LogP contribution in [0.4, 0.5) is 5.95 Å². The maximum absolute atomic E-state index is 5.73. The first kappa shape index (κ1) is 12.4. The van der Waals surface area contributed by atoms with Crippen LogP contribution in [0.25, 0.3) is 22.4 Å². The summed E-state index contributed by atoms with van der Waals surface area (Å²) in [5.74, 6) is 0.997. The van der Waals surface area contributed by atoms with Crippen LogP contribution >= 0.6 is 0 Å². The van der Waals surface area contributed by atoms with Crippen molar-refractivity contribution >= 4 is 17.1 Å². The molecule has 0 atom stereocenters. The van der Waals surface area contributed by atoms with Crippen LogP contribution in [0.2, 0.25) is 0 Å². The van der Waals surface area contributed by atoms with Crippen LogP contribution in [-0.4, -0.2) is 26.0 Å². The summed E-state index contributed by atoms with van der Waals surface area (Å²) < 4.78 is 5.70. The Hall–Kier alpha value is -2.63. The number of hydrogen-bond acceptors (Lipinski definition) is 5. The Balaban J connectivity index is 2.13. The molecule has 3 N–H and O–H groups in total. The zero-order valence-corrected chi connectivity index (χ0v) is 11.3. The number of benzene rings is 1. The van der Waals surface area contributed by atoms with E-state index in [1.165, 1.54) is 0 Å². The summed E-state index contributed by atoms with van der Waals surface area (Å²) in [4.78, 5) is 15.5. The second-order valence-corrected chi connectivity index (χ2v) is 4.73. The minimum absolute atomic E-state index is 0.118. The van der Waals surface area contributed by atoms with E-state index >= 15 is 0 Å². The lowest BCUT2D eigenvalue weighted by Gasteiger charge is -2.11. The SMILES string of the molecule is CC(C)Oc1cccc(-c2nc(N)nc3nc[nH]c23)c1. The molecule has 0 radical (unpaired) electrons. The van der Waals surface area contributed by atoms with Crippen LogP contribution in [0.15, 0.2) is 30.6 Å². The van der Waals surface area contributed by atoms with Gasteiger partial charge in [0.15, 0.2) is 5.65 Å². The maximum Gasteiger partial charge on any atom is 0.222 e. The van der Waals surface area contributed by atoms with Gasteiger partial charge in [-0.05, 0) is 26.0 Å². The van der Waals surface area contributed by atoms with Gasteiger partial charge in [-0.15, -0.1) is 0 Å². The van der Waals surface area contributed by atoms with Crippen molar-refractivity contribution in [3.8, 4) is 17.0 Å². The van der Waals surface area contributed by atoms with Crippen LogP contribution in [0.5, 0.6) is 5.75 Å². The third kappa shape index (κ3) is 2.27. The number of rotatable bonds is 3. The van der Waals surface area contributed by atoms with Crippen LogP contribution < -0.4 is 10.5 Å². The fourth-order valence-electron chi connectivity index (χ4n) is 2.05. The first-order valence-corrected chi connectivity index (χ1v) is 6.37. The number of aromatic amines is 1. The standard InChI is InChI=1S/C14H15N5O/c1-8(2)20-10-5-3-4-9(6-10)11-12-13(17-7-16-12)19-14(15)18-11/h3-8H,1-2H3,(H3,15,16,17,18,19). The Morgan fingerprint density at radius 1 is 1.25 bits per heavy atom. The predicted octanol–water partition coefficient (Wildman–Crippen LogP) is 2.39. The number of anilines is 1. The fourth-order valence-corrected chi connectivity index (χ4v) is 2.05. The van der Waals surface area contributed by atoms with Crippen LogP contribution in [0, 0.1) is 0 Å². The van der Waals surface area contributed by atoms with Crippen molar-refractivity contribution in [1.82, 2.24) is 19.9 Å². The van der Waals surface area contributed by atoms with Gasteiger partial charge in [-0.3, -0.25) is 0 Å². The molecule has 3 rings (SSSR count). The van der Waals surface area contributed by atoms with Gasteiger partial charge < -0.3 is 15.5 Å². The fraction of sp³-hybridized carbons (Fsp3) is 0.214. The number of nitrogens with two attached hydrogens (primary N) is 1. The van der Waals surface area contributed by atoms with Crippen molar-refractivity contribution < 1.29 is 4.74 Å². The topological polar surface area (TPSA) is 89.7 Å². The molecule has 0 aliphatic carbocycles. The number of nitrogens with zero attached hydrogens (tertiary/aromatic N) is 3. The average Bonchev–Trinajstić information content (AvgIpc) is 2.85. The van der Waals surface area contributed by atoms with E-state index in [2.05, 4.69) is 19.9 Å². The van der Waals surface area contributed by atoms with E-state index in [1.54, 1.807) is 6.33 Å². The van der Waals surface area contributed by atoms with Crippen molar-refractivity contribution in [2.45, 2.75) is 20.0 Å². The van der Waals surface area contributed by atoms with Gasteiger partial charge in [0, 0.05) is 5.56 Å². The molecule has 0 bridgehead atoms. The highest BCUT2D eigenvalue weighted by atomic mass is 16.5. The van der Waals surface area contributed by atoms with E-state index < -0.39 is 0 Å². The van der Waals surface area contributed by atoms with Crippen LogP contribution in [0.1, 0.15) is 13.8 Å². The third-order valence-corrected chi connectivity index (χ3v) is 2.78. The Bertz CT molecular complexity index is 750. The Morgan fingerprint density at radius 3 is 2.90 bits per heavy atom. The summed E-state index contributed by atoms with van der Waals surface area (Å²) in [6.45, 7) is 3.98. The first-order chi connectivity index (χ1) is 9.63. The van der Waals surface area contributed by atoms with E-state index in [0.717, 1.165) is 22.5 Å². The Kier molecular flexibility index (Phi) is 2.98. The second kappa shape index (κ2) is 4.80. The monoisotopic (exact) mass is 269 g/mol. The summed E-state index contributed by atoms with van der Waals surface area (Å²) in [6, 6.07) is 7.73. The highest BCUT2D eigenvalue weighted by Crippen LogP contribution is 2.27. The van der Waals surface area contributed by atoms with Gasteiger partial charge >= 0.3 is 0 Å². The lowest BCUT2D eigenvalue weighted by atomic mass is 10.1. The molecule has 0 aliphatic rings. The average molecular weight is 269 g/mol. The van der Waals surface area contributed by atoms with Gasteiger partial charge in [-0.25, -0.2) is 9.97 Å². The predicted molar refractivity (Wildman–Crippen MR) is 77.3 cm³/mol. The summed E-state index contributed by atoms with van der Waals surface area (Å²) in [5.41, 5.74) is 8.69. The zero-order chi connectivity index (χ0) is 14.1. The summed E-state index contributed by atoms with van der Waals surface area (Å²) in [7, 11) is 0. The molecule has 6 heteroatoms. The molecule has 0 aliphatic heterocycles. The normalized spacial score (nSPS) is 11.2. The second-order valence-electron chi connectivity index (χ2n) is 4.73. The van der Waals surface area contributed by atoms with Gasteiger partial charge in [0.1, 0.15) is 17.0 Å². The molecule has 0 saturated carbocycles. The number of ether oxygens (including phenoxy) is 1.